The molecule has 1 aliphatic carbocycles. The van der Waals surface area contributed by atoms with Crippen molar-refractivity contribution in [2.24, 2.45) is 0 Å². The first-order valence-corrected chi connectivity index (χ1v) is 11.1. The van der Waals surface area contributed by atoms with Gasteiger partial charge in [-0.3, -0.25) is 4.79 Å². The van der Waals surface area contributed by atoms with E-state index in [0.29, 0.717) is 16.8 Å². The molecule has 1 aliphatic heterocycles. The van der Waals surface area contributed by atoms with E-state index in [1.807, 2.05) is 48.2 Å². The van der Waals surface area contributed by atoms with E-state index < -0.39 is 6.10 Å². The van der Waals surface area contributed by atoms with Gasteiger partial charge in [-0.25, -0.2) is 0 Å². The Morgan fingerprint density at radius 2 is 1.72 bits per heavy atom. The number of para-hydroxylation sites is 1. The fraction of sp³-hybridized carbons (Fsp3) is 0.458. The number of anilines is 1. The fourth-order valence-electron chi connectivity index (χ4n) is 4.41. The SMILES string of the molecule is Cc1ccccc1N1C(=O)[C@@H](Oc2ccc(Cl)cc2)[C@@H]1CNC1CCCCCC1. The van der Waals surface area contributed by atoms with Gasteiger partial charge in [-0.15, -0.1) is 0 Å². The lowest BCUT2D eigenvalue weighted by Crippen LogP contribution is -2.70. The summed E-state index contributed by atoms with van der Waals surface area (Å²) in [4.78, 5) is 15.0. The van der Waals surface area contributed by atoms with E-state index in [1.165, 1.54) is 38.5 Å². The zero-order valence-corrected chi connectivity index (χ0v) is 17.7. The average Bonchev–Trinajstić information content (AvgIpc) is 3.00. The minimum atomic E-state index is -0.478. The normalized spacial score (nSPS) is 22.8. The minimum Gasteiger partial charge on any atom is -0.478 e. The summed E-state index contributed by atoms with van der Waals surface area (Å²) in [6.45, 7) is 2.79. The van der Waals surface area contributed by atoms with Crippen LogP contribution in [0.15, 0.2) is 48.5 Å². The maximum Gasteiger partial charge on any atom is 0.270 e. The molecule has 0 aromatic heterocycles. The first-order chi connectivity index (χ1) is 14.1. The molecule has 5 heteroatoms. The molecule has 0 radical (unpaired) electrons. The number of aryl methyl sites for hydroxylation is 1. The number of nitrogens with one attached hydrogen (secondary N) is 1. The lowest BCUT2D eigenvalue weighted by molar-refractivity contribution is -0.134. The topological polar surface area (TPSA) is 41.6 Å². The molecule has 1 amide bonds. The molecule has 4 nitrogen and oxygen atoms in total. The zero-order valence-electron chi connectivity index (χ0n) is 16.9. The quantitative estimate of drug-likeness (QED) is 0.528. The lowest BCUT2D eigenvalue weighted by atomic mass is 9.94. The molecule has 2 fully saturated rings. The molecule has 2 aromatic rings. The number of rotatable bonds is 6. The van der Waals surface area contributed by atoms with Crippen molar-refractivity contribution in [2.75, 3.05) is 11.4 Å². The summed E-state index contributed by atoms with van der Waals surface area (Å²) in [7, 11) is 0. The zero-order chi connectivity index (χ0) is 20.2. The van der Waals surface area contributed by atoms with Gasteiger partial charge < -0.3 is 15.0 Å². The number of nitrogens with zero attached hydrogens (tertiary/aromatic N) is 1. The number of ether oxygens (including phenoxy) is 1. The third-order valence-electron chi connectivity index (χ3n) is 6.08. The maximum atomic E-state index is 13.0. The molecule has 154 valence electrons. The standard InChI is InChI=1S/C24H29ClN2O2/c1-17-8-6-7-11-21(17)27-22(16-26-19-9-4-2-3-5-10-19)23(24(27)28)29-20-14-12-18(25)13-15-20/h6-8,11-15,19,22-23,26H,2-5,9-10,16H2,1H3/t22-,23-/m0/s1. The number of carbonyl (C=O) groups excluding carboxylic acids is 1. The van der Waals surface area contributed by atoms with Crippen molar-refractivity contribution in [3.05, 3.63) is 59.1 Å². The van der Waals surface area contributed by atoms with Gasteiger partial charge in [0.15, 0.2) is 6.10 Å². The number of carbonyl (C=O) groups is 1. The van der Waals surface area contributed by atoms with Crippen molar-refractivity contribution in [1.82, 2.24) is 5.32 Å². The van der Waals surface area contributed by atoms with Gasteiger partial charge in [-0.05, 0) is 55.7 Å². The van der Waals surface area contributed by atoms with Crippen LogP contribution in [-0.4, -0.2) is 30.6 Å². The second-order valence-electron chi connectivity index (χ2n) is 8.15. The van der Waals surface area contributed by atoms with Crippen LogP contribution in [0.1, 0.15) is 44.1 Å². The molecule has 1 heterocycles. The Bertz CT molecular complexity index is 831. The van der Waals surface area contributed by atoms with Crippen molar-refractivity contribution >= 4 is 23.2 Å². The Morgan fingerprint density at radius 1 is 1.03 bits per heavy atom. The smallest absolute Gasteiger partial charge is 0.270 e. The molecule has 2 aromatic carbocycles. The summed E-state index contributed by atoms with van der Waals surface area (Å²) in [5, 5.41) is 4.39. The van der Waals surface area contributed by atoms with Gasteiger partial charge in [0.05, 0.1) is 6.04 Å². The molecule has 1 saturated carbocycles. The van der Waals surface area contributed by atoms with Gasteiger partial charge in [0.1, 0.15) is 5.75 Å². The lowest BCUT2D eigenvalue weighted by Gasteiger charge is -2.47. The van der Waals surface area contributed by atoms with E-state index in [4.69, 9.17) is 16.3 Å². The van der Waals surface area contributed by atoms with E-state index in [9.17, 15) is 4.79 Å². The highest BCUT2D eigenvalue weighted by molar-refractivity contribution is 6.30. The average molecular weight is 413 g/mol. The van der Waals surface area contributed by atoms with Crippen molar-refractivity contribution in [3.63, 3.8) is 0 Å². The van der Waals surface area contributed by atoms with Crippen LogP contribution in [-0.2, 0) is 4.79 Å². The minimum absolute atomic E-state index is 0.0157. The van der Waals surface area contributed by atoms with E-state index in [-0.39, 0.29) is 11.9 Å². The Balaban J connectivity index is 1.50. The highest BCUT2D eigenvalue weighted by Gasteiger charge is 2.50. The van der Waals surface area contributed by atoms with Crippen LogP contribution >= 0.6 is 11.6 Å². The van der Waals surface area contributed by atoms with Crippen LogP contribution in [0.5, 0.6) is 5.75 Å². The van der Waals surface area contributed by atoms with E-state index in [1.54, 1.807) is 12.1 Å². The second-order valence-corrected chi connectivity index (χ2v) is 8.59. The number of benzene rings is 2. The summed E-state index contributed by atoms with van der Waals surface area (Å²) in [6, 6.07) is 15.8. The number of hydrogen-bond acceptors (Lipinski definition) is 3. The number of halogens is 1. The summed E-state index contributed by atoms with van der Waals surface area (Å²) in [5.41, 5.74) is 2.08. The number of amides is 1. The Kier molecular flexibility index (Phi) is 6.41. The Morgan fingerprint density at radius 3 is 2.41 bits per heavy atom. The Labute approximate surface area is 178 Å². The van der Waals surface area contributed by atoms with E-state index in [2.05, 4.69) is 5.32 Å². The van der Waals surface area contributed by atoms with Crippen molar-refractivity contribution in [3.8, 4) is 5.75 Å². The first kappa shape index (κ1) is 20.2. The van der Waals surface area contributed by atoms with Crippen LogP contribution < -0.4 is 15.0 Å². The molecule has 1 saturated heterocycles. The first-order valence-electron chi connectivity index (χ1n) is 10.7. The summed E-state index contributed by atoms with van der Waals surface area (Å²) in [6.07, 6.45) is 7.19. The molecule has 4 rings (SSSR count). The molecule has 0 spiro atoms. The molecular formula is C24H29ClN2O2. The summed E-state index contributed by atoms with van der Waals surface area (Å²) >= 11 is 5.98. The summed E-state index contributed by atoms with van der Waals surface area (Å²) in [5.74, 6) is 0.693. The van der Waals surface area contributed by atoms with Crippen LogP contribution in [0.2, 0.25) is 5.02 Å². The third-order valence-corrected chi connectivity index (χ3v) is 6.34. The van der Waals surface area contributed by atoms with Crippen LogP contribution in [0.25, 0.3) is 0 Å². The van der Waals surface area contributed by atoms with Gasteiger partial charge >= 0.3 is 0 Å². The number of hydrogen-bond donors (Lipinski definition) is 1. The van der Waals surface area contributed by atoms with Gasteiger partial charge in [0.25, 0.3) is 5.91 Å². The molecule has 0 bridgehead atoms. The molecule has 29 heavy (non-hydrogen) atoms. The van der Waals surface area contributed by atoms with Crippen LogP contribution in [0, 0.1) is 6.92 Å². The van der Waals surface area contributed by atoms with Gasteiger partial charge in [0, 0.05) is 23.3 Å². The van der Waals surface area contributed by atoms with Gasteiger partial charge in [0.2, 0.25) is 0 Å². The summed E-state index contributed by atoms with van der Waals surface area (Å²) < 4.78 is 6.10. The van der Waals surface area contributed by atoms with Crippen LogP contribution in [0.4, 0.5) is 5.69 Å². The van der Waals surface area contributed by atoms with E-state index >= 15 is 0 Å². The largest absolute Gasteiger partial charge is 0.478 e. The maximum absolute atomic E-state index is 13.0. The Hall–Kier alpha value is -2.04. The molecular weight excluding hydrogens is 384 g/mol. The van der Waals surface area contributed by atoms with Crippen LogP contribution in [0.3, 0.4) is 0 Å². The molecule has 2 aliphatic rings. The van der Waals surface area contributed by atoms with Crippen molar-refractivity contribution < 1.29 is 9.53 Å². The fourth-order valence-corrected chi connectivity index (χ4v) is 4.53. The van der Waals surface area contributed by atoms with Gasteiger partial charge in [-0.2, -0.15) is 0 Å². The predicted molar refractivity (Wildman–Crippen MR) is 118 cm³/mol. The van der Waals surface area contributed by atoms with Crippen molar-refractivity contribution in [2.45, 2.75) is 63.6 Å². The monoisotopic (exact) mass is 412 g/mol. The van der Waals surface area contributed by atoms with Crippen molar-refractivity contribution in [1.29, 1.82) is 0 Å². The highest BCUT2D eigenvalue weighted by atomic mass is 35.5. The molecule has 1 N–H and O–H groups in total. The predicted octanol–water partition coefficient (Wildman–Crippen LogP) is 5.12. The second kappa shape index (κ2) is 9.19. The molecule has 0 unspecified atom stereocenters. The highest BCUT2D eigenvalue weighted by Crippen LogP contribution is 2.33. The number of β-lactam (4-membered cyclic amide) rings is 1. The van der Waals surface area contributed by atoms with E-state index in [0.717, 1.165) is 17.8 Å². The van der Waals surface area contributed by atoms with Gasteiger partial charge in [-0.1, -0.05) is 55.5 Å². The molecule has 2 atom stereocenters. The third kappa shape index (κ3) is 4.59.